The minimum absolute atomic E-state index is 0.895. The Kier molecular flexibility index (Phi) is 2.71. The third kappa shape index (κ3) is 2.17. The first-order valence-electron chi connectivity index (χ1n) is 6.73. The van der Waals surface area contributed by atoms with E-state index in [0.29, 0.717) is 0 Å². The summed E-state index contributed by atoms with van der Waals surface area (Å²) in [6.45, 7) is 0. The molecule has 4 aromatic rings. The second-order valence-electron chi connectivity index (χ2n) is 4.76. The van der Waals surface area contributed by atoms with Crippen molar-refractivity contribution in [1.29, 1.82) is 0 Å². The van der Waals surface area contributed by atoms with Crippen LogP contribution < -0.4 is 0 Å². The summed E-state index contributed by atoms with van der Waals surface area (Å²) in [7, 11) is 0. The summed E-state index contributed by atoms with van der Waals surface area (Å²) >= 11 is 0. The van der Waals surface area contributed by atoms with Gasteiger partial charge in [0.2, 0.25) is 0 Å². The highest BCUT2D eigenvalue weighted by molar-refractivity contribution is 5.73. The Morgan fingerprint density at radius 3 is 2.10 bits per heavy atom. The maximum Gasteiger partial charge on any atom is 0.113 e. The maximum atomic E-state index is 4.51. The van der Waals surface area contributed by atoms with Gasteiger partial charge in [0.15, 0.2) is 0 Å². The lowest BCUT2D eigenvalue weighted by Gasteiger charge is -2.04. The monoisotopic (exact) mass is 272 g/mol. The van der Waals surface area contributed by atoms with Gasteiger partial charge < -0.3 is 0 Å². The molecule has 0 spiro atoms. The van der Waals surface area contributed by atoms with Gasteiger partial charge in [-0.05, 0) is 47.5 Å². The Bertz CT molecular complexity index is 864. The summed E-state index contributed by atoms with van der Waals surface area (Å²) in [5.74, 6) is 0. The van der Waals surface area contributed by atoms with Crippen LogP contribution in [0.5, 0.6) is 0 Å². The Hall–Kier alpha value is -3.01. The van der Waals surface area contributed by atoms with Gasteiger partial charge >= 0.3 is 0 Å². The van der Waals surface area contributed by atoms with Crippen LogP contribution in [-0.4, -0.2) is 20.0 Å². The van der Waals surface area contributed by atoms with E-state index >= 15 is 0 Å². The van der Waals surface area contributed by atoms with E-state index in [1.165, 1.54) is 0 Å². The highest BCUT2D eigenvalue weighted by Gasteiger charge is 2.05. The third-order valence-corrected chi connectivity index (χ3v) is 3.38. The van der Waals surface area contributed by atoms with Gasteiger partial charge in [0.05, 0.1) is 5.69 Å². The molecule has 0 radical (unpaired) electrons. The lowest BCUT2D eigenvalue weighted by atomic mass is 10.1. The number of hydrogen-bond acceptors (Lipinski definition) is 3. The number of fused-ring (bicyclic) bond motifs is 1. The largest absolute Gasteiger partial charge is 0.265 e. The summed E-state index contributed by atoms with van der Waals surface area (Å²) in [5, 5.41) is 9.02. The zero-order valence-corrected chi connectivity index (χ0v) is 11.2. The molecule has 0 aliphatic rings. The fraction of sp³-hybridized carbons (Fsp3) is 0. The van der Waals surface area contributed by atoms with Crippen LogP contribution in [0.4, 0.5) is 0 Å². The summed E-state index contributed by atoms with van der Waals surface area (Å²) in [5.41, 5.74) is 4.99. The van der Waals surface area contributed by atoms with Gasteiger partial charge in [-0.15, -0.1) is 10.2 Å². The van der Waals surface area contributed by atoms with Crippen LogP contribution in [-0.2, 0) is 0 Å². The lowest BCUT2D eigenvalue weighted by Crippen LogP contribution is -1.98. The molecule has 0 bridgehead atoms. The lowest BCUT2D eigenvalue weighted by molar-refractivity contribution is 0.766. The zero-order valence-electron chi connectivity index (χ0n) is 11.2. The first-order chi connectivity index (χ1) is 10.4. The smallest absolute Gasteiger partial charge is 0.113 e. The molecule has 4 nitrogen and oxygen atoms in total. The second kappa shape index (κ2) is 4.83. The van der Waals surface area contributed by atoms with Gasteiger partial charge in [0, 0.05) is 12.4 Å². The van der Waals surface area contributed by atoms with E-state index in [0.717, 1.165) is 27.8 Å². The Balaban J connectivity index is 1.82. The number of hydrogen-bond donors (Lipinski definition) is 0. The van der Waals surface area contributed by atoms with E-state index in [9.17, 15) is 0 Å². The van der Waals surface area contributed by atoms with E-state index in [2.05, 4.69) is 27.3 Å². The zero-order chi connectivity index (χ0) is 14.1. The molecular weight excluding hydrogens is 260 g/mol. The van der Waals surface area contributed by atoms with Crippen molar-refractivity contribution in [3.63, 3.8) is 0 Å². The number of benzene rings is 2. The van der Waals surface area contributed by atoms with Gasteiger partial charge in [-0.25, -0.2) is 0 Å². The number of aromatic nitrogens is 4. The molecule has 0 N–H and O–H groups in total. The van der Waals surface area contributed by atoms with Crippen molar-refractivity contribution in [2.75, 3.05) is 0 Å². The first-order valence-corrected chi connectivity index (χ1v) is 6.73. The molecule has 0 unspecified atom stereocenters. The fourth-order valence-corrected chi connectivity index (χ4v) is 2.33. The molecule has 4 heteroatoms. The predicted molar refractivity (Wildman–Crippen MR) is 82.1 cm³/mol. The minimum atomic E-state index is 0.895. The molecule has 0 saturated carbocycles. The molecule has 100 valence electrons. The fourth-order valence-electron chi connectivity index (χ4n) is 2.33. The van der Waals surface area contributed by atoms with Crippen LogP contribution in [0.2, 0.25) is 0 Å². The number of pyridine rings is 1. The predicted octanol–water partition coefficient (Wildman–Crippen LogP) is 3.48. The van der Waals surface area contributed by atoms with Crippen LogP contribution in [0.15, 0.2) is 73.1 Å². The highest BCUT2D eigenvalue weighted by Crippen LogP contribution is 2.21. The molecule has 21 heavy (non-hydrogen) atoms. The Morgan fingerprint density at radius 1 is 0.667 bits per heavy atom. The van der Waals surface area contributed by atoms with Crippen molar-refractivity contribution >= 4 is 11.0 Å². The minimum Gasteiger partial charge on any atom is -0.265 e. The van der Waals surface area contributed by atoms with Crippen LogP contribution >= 0.6 is 0 Å². The normalized spacial score (nSPS) is 10.9. The number of nitrogens with zero attached hydrogens (tertiary/aromatic N) is 4. The van der Waals surface area contributed by atoms with Crippen molar-refractivity contribution in [2.24, 2.45) is 0 Å². The SMILES string of the molecule is c1cc(-c2ccncc2)cc(-n2nc3ccccc3n2)c1. The van der Waals surface area contributed by atoms with Gasteiger partial charge in [0.1, 0.15) is 11.0 Å². The molecule has 0 amide bonds. The Labute approximate surface area is 121 Å². The van der Waals surface area contributed by atoms with Gasteiger partial charge in [-0.2, -0.15) is 4.80 Å². The third-order valence-electron chi connectivity index (χ3n) is 3.38. The quantitative estimate of drug-likeness (QED) is 0.561. The van der Waals surface area contributed by atoms with Crippen molar-refractivity contribution in [2.45, 2.75) is 0 Å². The molecule has 0 aliphatic carbocycles. The number of rotatable bonds is 2. The molecule has 4 rings (SSSR count). The van der Waals surface area contributed by atoms with E-state index in [1.807, 2.05) is 48.5 Å². The molecule has 0 fully saturated rings. The summed E-state index contributed by atoms with van der Waals surface area (Å²) < 4.78 is 0. The summed E-state index contributed by atoms with van der Waals surface area (Å²) in [6, 6.07) is 20.0. The Morgan fingerprint density at radius 2 is 1.38 bits per heavy atom. The molecule has 0 atom stereocenters. The van der Waals surface area contributed by atoms with Crippen molar-refractivity contribution in [1.82, 2.24) is 20.0 Å². The average molecular weight is 272 g/mol. The molecular formula is C17H12N4. The van der Waals surface area contributed by atoms with Gasteiger partial charge in [0.25, 0.3) is 0 Å². The van der Waals surface area contributed by atoms with E-state index in [-0.39, 0.29) is 0 Å². The molecule has 0 aliphatic heterocycles. The van der Waals surface area contributed by atoms with Crippen LogP contribution in [0.3, 0.4) is 0 Å². The molecule has 2 aromatic heterocycles. The molecule has 2 aromatic carbocycles. The molecule has 2 heterocycles. The second-order valence-corrected chi connectivity index (χ2v) is 4.76. The van der Waals surface area contributed by atoms with E-state index < -0.39 is 0 Å². The maximum absolute atomic E-state index is 4.51. The van der Waals surface area contributed by atoms with Crippen LogP contribution in [0.25, 0.3) is 27.8 Å². The highest BCUT2D eigenvalue weighted by atomic mass is 15.5. The summed E-state index contributed by atoms with van der Waals surface area (Å²) in [6.07, 6.45) is 3.59. The average Bonchev–Trinajstić information content (AvgIpc) is 3.00. The van der Waals surface area contributed by atoms with Gasteiger partial charge in [-0.1, -0.05) is 24.3 Å². The summed E-state index contributed by atoms with van der Waals surface area (Å²) in [4.78, 5) is 5.73. The van der Waals surface area contributed by atoms with Crippen molar-refractivity contribution in [3.05, 3.63) is 73.1 Å². The van der Waals surface area contributed by atoms with Crippen LogP contribution in [0.1, 0.15) is 0 Å². The molecule has 0 saturated heterocycles. The van der Waals surface area contributed by atoms with E-state index in [1.54, 1.807) is 17.2 Å². The van der Waals surface area contributed by atoms with Crippen molar-refractivity contribution in [3.8, 4) is 16.8 Å². The van der Waals surface area contributed by atoms with E-state index in [4.69, 9.17) is 0 Å². The first kappa shape index (κ1) is 11.8. The van der Waals surface area contributed by atoms with Crippen molar-refractivity contribution < 1.29 is 0 Å². The van der Waals surface area contributed by atoms with Gasteiger partial charge in [-0.3, -0.25) is 4.98 Å². The topological polar surface area (TPSA) is 43.6 Å². The standard InChI is InChI=1S/C17H12N4/c1-2-7-17-16(6-1)19-21(20-17)15-5-3-4-14(12-15)13-8-10-18-11-9-13/h1-12H. The van der Waals surface area contributed by atoms with Crippen LogP contribution in [0, 0.1) is 0 Å².